The Morgan fingerprint density at radius 2 is 2.09 bits per heavy atom. The van der Waals surface area contributed by atoms with Crippen molar-refractivity contribution in [1.29, 1.82) is 0 Å². The van der Waals surface area contributed by atoms with Crippen LogP contribution in [-0.2, 0) is 11.2 Å². The maximum absolute atomic E-state index is 12.5. The van der Waals surface area contributed by atoms with E-state index in [-0.39, 0.29) is 18.0 Å². The van der Waals surface area contributed by atoms with Crippen LogP contribution in [0.4, 0.5) is 0 Å². The number of carboxylic acid groups (broad SMARTS) is 1. The van der Waals surface area contributed by atoms with E-state index in [2.05, 4.69) is 0 Å². The van der Waals surface area contributed by atoms with Gasteiger partial charge in [-0.25, -0.2) is 0 Å². The minimum Gasteiger partial charge on any atom is -0.549 e. The van der Waals surface area contributed by atoms with Crippen LogP contribution in [0.3, 0.4) is 0 Å². The van der Waals surface area contributed by atoms with Crippen LogP contribution < -0.4 is 9.84 Å². The second-order valence-electron chi connectivity index (χ2n) is 6.54. The largest absolute Gasteiger partial charge is 0.549 e. The fraction of sp³-hybridized carbons (Fsp3) is 0.529. The Morgan fingerprint density at radius 3 is 2.64 bits per heavy atom. The van der Waals surface area contributed by atoms with Crippen molar-refractivity contribution in [1.82, 2.24) is 0 Å². The molecule has 0 fully saturated rings. The van der Waals surface area contributed by atoms with Crippen molar-refractivity contribution < 1.29 is 24.5 Å². The monoisotopic (exact) mass is 305 g/mol. The molecule has 1 aliphatic rings. The van der Waals surface area contributed by atoms with Gasteiger partial charge in [0.1, 0.15) is 17.1 Å². The van der Waals surface area contributed by atoms with Crippen LogP contribution in [0.15, 0.2) is 12.1 Å². The minimum atomic E-state index is -1.35. The van der Waals surface area contributed by atoms with E-state index in [1.54, 1.807) is 6.92 Å². The van der Waals surface area contributed by atoms with Crippen LogP contribution in [0.1, 0.15) is 56.5 Å². The molecule has 5 nitrogen and oxygen atoms in total. The fourth-order valence-electron chi connectivity index (χ4n) is 2.67. The smallest absolute Gasteiger partial charge is 0.170 e. The van der Waals surface area contributed by atoms with E-state index in [0.29, 0.717) is 23.3 Å². The lowest BCUT2D eigenvalue weighted by Gasteiger charge is -2.47. The number of benzene rings is 1. The van der Waals surface area contributed by atoms with Gasteiger partial charge in [-0.3, -0.25) is 4.79 Å². The highest BCUT2D eigenvalue weighted by molar-refractivity contribution is 6.01. The van der Waals surface area contributed by atoms with Gasteiger partial charge in [-0.1, -0.05) is 27.2 Å². The normalized spacial score (nSPS) is 21.2. The molecule has 0 aromatic heterocycles. The van der Waals surface area contributed by atoms with Gasteiger partial charge in [0.15, 0.2) is 5.78 Å². The number of hydrogen-bond donors (Lipinski definition) is 1. The van der Waals surface area contributed by atoms with Gasteiger partial charge in [0.2, 0.25) is 0 Å². The standard InChI is InChI=1S/C17H22O5/c1-5-6-10-12(18)8-7-11-13(19)9-17(4,22-14(10)11)16(2,3)15(20)21/h7-8,18H,5-6,9H2,1-4H3,(H,20,21)/p-1. The molecule has 22 heavy (non-hydrogen) atoms. The predicted octanol–water partition coefficient (Wildman–Crippen LogP) is 1.84. The zero-order valence-corrected chi connectivity index (χ0v) is 13.4. The zero-order chi connectivity index (χ0) is 16.7. The van der Waals surface area contributed by atoms with Gasteiger partial charge in [0, 0.05) is 11.0 Å². The number of rotatable bonds is 4. The number of phenolic OH excluding ortho intramolecular Hbond substituents is 1. The third-order valence-electron chi connectivity index (χ3n) is 4.69. The van der Waals surface area contributed by atoms with Crippen molar-refractivity contribution in [3.05, 3.63) is 23.3 Å². The first-order valence-electron chi connectivity index (χ1n) is 7.42. The lowest BCUT2D eigenvalue weighted by molar-refractivity contribution is -0.324. The molecule has 0 saturated carbocycles. The molecule has 1 aromatic carbocycles. The van der Waals surface area contributed by atoms with Crippen molar-refractivity contribution in [2.24, 2.45) is 5.41 Å². The van der Waals surface area contributed by atoms with Crippen LogP contribution in [-0.4, -0.2) is 22.5 Å². The first kappa shape index (κ1) is 16.3. The Kier molecular flexibility index (Phi) is 3.94. The van der Waals surface area contributed by atoms with E-state index in [4.69, 9.17) is 4.74 Å². The van der Waals surface area contributed by atoms with Crippen molar-refractivity contribution in [2.75, 3.05) is 0 Å². The number of phenols is 1. The van der Waals surface area contributed by atoms with Gasteiger partial charge < -0.3 is 19.7 Å². The second kappa shape index (κ2) is 5.30. The van der Waals surface area contributed by atoms with E-state index >= 15 is 0 Å². The first-order chi connectivity index (χ1) is 10.1. The fourth-order valence-corrected chi connectivity index (χ4v) is 2.67. The quantitative estimate of drug-likeness (QED) is 0.917. The average Bonchev–Trinajstić information content (AvgIpc) is 2.41. The first-order valence-corrected chi connectivity index (χ1v) is 7.42. The number of carboxylic acids is 1. The van der Waals surface area contributed by atoms with E-state index in [1.165, 1.54) is 26.0 Å². The van der Waals surface area contributed by atoms with E-state index in [0.717, 1.165) is 6.42 Å². The Morgan fingerprint density at radius 1 is 1.45 bits per heavy atom. The molecule has 0 bridgehead atoms. The summed E-state index contributed by atoms with van der Waals surface area (Å²) in [6, 6.07) is 3.01. The number of fused-ring (bicyclic) bond motifs is 1. The van der Waals surface area contributed by atoms with Crippen LogP contribution in [0.2, 0.25) is 0 Å². The molecule has 120 valence electrons. The van der Waals surface area contributed by atoms with Crippen LogP contribution in [0.5, 0.6) is 11.5 Å². The number of ether oxygens (including phenoxy) is 1. The van der Waals surface area contributed by atoms with Crippen molar-refractivity contribution in [2.45, 2.75) is 52.6 Å². The highest BCUT2D eigenvalue weighted by Crippen LogP contribution is 2.46. The molecule has 1 heterocycles. The zero-order valence-electron chi connectivity index (χ0n) is 13.4. The molecule has 1 atom stereocenters. The lowest BCUT2D eigenvalue weighted by Crippen LogP contribution is -2.58. The third-order valence-corrected chi connectivity index (χ3v) is 4.69. The number of aromatic hydroxyl groups is 1. The van der Waals surface area contributed by atoms with E-state index < -0.39 is 17.0 Å². The summed E-state index contributed by atoms with van der Waals surface area (Å²) in [5, 5.41) is 21.5. The molecule has 1 unspecified atom stereocenters. The van der Waals surface area contributed by atoms with Crippen molar-refractivity contribution in [3.63, 3.8) is 0 Å². The Hall–Kier alpha value is -2.04. The van der Waals surface area contributed by atoms with Crippen LogP contribution in [0.25, 0.3) is 0 Å². The molecular formula is C17H21O5-. The number of aliphatic carboxylic acids is 1. The SMILES string of the molecule is CCCc1c(O)ccc2c1OC(C)(C(C)(C)C(=O)[O-])CC2=O. The Labute approximate surface area is 129 Å². The molecule has 1 aliphatic heterocycles. The molecule has 0 aliphatic carbocycles. The van der Waals surface area contributed by atoms with Crippen LogP contribution in [0, 0.1) is 5.41 Å². The number of Topliss-reactive ketones (excluding diaryl/α,β-unsaturated/α-hetero) is 1. The molecular weight excluding hydrogens is 284 g/mol. The number of ketones is 1. The topological polar surface area (TPSA) is 86.7 Å². The van der Waals surface area contributed by atoms with Gasteiger partial charge >= 0.3 is 0 Å². The Bertz CT molecular complexity index is 632. The summed E-state index contributed by atoms with van der Waals surface area (Å²) in [6.45, 7) is 6.53. The average molecular weight is 305 g/mol. The van der Waals surface area contributed by atoms with Gasteiger partial charge in [0.05, 0.1) is 18.0 Å². The minimum absolute atomic E-state index is 0.0443. The van der Waals surface area contributed by atoms with Crippen molar-refractivity contribution in [3.8, 4) is 11.5 Å². The Balaban J connectivity index is 2.59. The molecule has 0 amide bonds. The molecule has 0 radical (unpaired) electrons. The maximum Gasteiger partial charge on any atom is 0.170 e. The van der Waals surface area contributed by atoms with Crippen molar-refractivity contribution >= 4 is 11.8 Å². The second-order valence-corrected chi connectivity index (χ2v) is 6.54. The number of carbonyl (C=O) groups excluding carboxylic acids is 2. The van der Waals surface area contributed by atoms with Gasteiger partial charge in [0.25, 0.3) is 0 Å². The predicted molar refractivity (Wildman–Crippen MR) is 78.9 cm³/mol. The highest BCUT2D eigenvalue weighted by Gasteiger charge is 2.49. The summed E-state index contributed by atoms with van der Waals surface area (Å²) in [5.41, 5.74) is -1.64. The summed E-state index contributed by atoms with van der Waals surface area (Å²) in [7, 11) is 0. The van der Waals surface area contributed by atoms with E-state index in [9.17, 15) is 19.8 Å². The lowest BCUT2D eigenvalue weighted by atomic mass is 9.71. The summed E-state index contributed by atoms with van der Waals surface area (Å²) in [5.74, 6) is -1.10. The summed E-state index contributed by atoms with van der Waals surface area (Å²) < 4.78 is 5.98. The molecule has 2 rings (SSSR count). The highest BCUT2D eigenvalue weighted by atomic mass is 16.5. The van der Waals surface area contributed by atoms with E-state index in [1.807, 2.05) is 6.92 Å². The van der Waals surface area contributed by atoms with Crippen LogP contribution >= 0.6 is 0 Å². The summed E-state index contributed by atoms with van der Waals surface area (Å²) >= 11 is 0. The van der Waals surface area contributed by atoms with Gasteiger partial charge in [-0.2, -0.15) is 0 Å². The van der Waals surface area contributed by atoms with Gasteiger partial charge in [-0.05, 0) is 25.5 Å². The summed E-state index contributed by atoms with van der Waals surface area (Å²) in [6.07, 6.45) is 1.27. The molecule has 0 saturated heterocycles. The molecule has 0 spiro atoms. The molecule has 5 heteroatoms. The van der Waals surface area contributed by atoms with Gasteiger partial charge in [-0.15, -0.1) is 0 Å². The third kappa shape index (κ3) is 2.34. The molecule has 1 aromatic rings. The summed E-state index contributed by atoms with van der Waals surface area (Å²) in [4.78, 5) is 23.9. The number of hydrogen-bond acceptors (Lipinski definition) is 5. The number of carbonyl (C=O) groups is 2. The maximum atomic E-state index is 12.5. The molecule has 1 N–H and O–H groups in total.